The largest absolute Gasteiger partial charge is 0.482 e. The molecule has 2 heterocycles. The Hall–Kier alpha value is -4.19. The summed E-state index contributed by atoms with van der Waals surface area (Å²) in [6.07, 6.45) is 3.02. The van der Waals surface area contributed by atoms with Crippen LogP contribution in [0.15, 0.2) is 57.3 Å². The van der Waals surface area contributed by atoms with Crippen molar-refractivity contribution in [3.63, 3.8) is 0 Å². The average Bonchev–Trinajstić information content (AvgIpc) is 2.80. The Bertz CT molecular complexity index is 1240. The molecule has 1 aromatic heterocycles. The molecule has 6 N–H and O–H groups in total. The Labute approximate surface area is 192 Å². The number of rotatable bonds is 3. The van der Waals surface area contributed by atoms with E-state index >= 15 is 0 Å². The van der Waals surface area contributed by atoms with Gasteiger partial charge in [0.1, 0.15) is 23.7 Å². The fraction of sp³-hybridized carbons (Fsp3) is 0.250. The molecule has 9 heteroatoms. The standard InChI is InChI=1S/C24H26FN7O/c1-4-17(20(27)9-26)23-14-7-21(24(29)32-11-14)33-13(2)19-8-16(25)5-6-18(19)22(28)15(10-30-3)12-31-23/h5-8,10-11,13H,4,12,27-28H2,1-3H3,(H2,29,32)/t13-/m1/s1. The van der Waals surface area contributed by atoms with Crippen LogP contribution in [0.2, 0.25) is 0 Å². The number of allylic oxidation sites excluding steroid dienone is 2. The first-order valence-electron chi connectivity index (χ1n) is 10.4. The van der Waals surface area contributed by atoms with Gasteiger partial charge in [0.25, 0.3) is 0 Å². The Kier molecular flexibility index (Phi) is 7.08. The van der Waals surface area contributed by atoms with Gasteiger partial charge in [-0.1, -0.05) is 6.92 Å². The van der Waals surface area contributed by atoms with E-state index in [4.69, 9.17) is 26.9 Å². The lowest BCUT2D eigenvalue weighted by Crippen LogP contribution is -2.17. The molecule has 1 aliphatic rings. The first kappa shape index (κ1) is 23.5. The molecule has 0 saturated heterocycles. The van der Waals surface area contributed by atoms with E-state index in [1.165, 1.54) is 12.1 Å². The van der Waals surface area contributed by atoms with E-state index in [0.29, 0.717) is 51.4 Å². The lowest BCUT2D eigenvalue weighted by molar-refractivity contribution is 0.226. The summed E-state index contributed by atoms with van der Waals surface area (Å²) in [5.74, 6) is 0.0459. The quantitative estimate of drug-likeness (QED) is 0.486. The minimum absolute atomic E-state index is 0.0551. The third kappa shape index (κ3) is 4.85. The van der Waals surface area contributed by atoms with Crippen molar-refractivity contribution in [2.75, 3.05) is 19.3 Å². The Morgan fingerprint density at radius 1 is 1.36 bits per heavy atom. The lowest BCUT2D eigenvalue weighted by Gasteiger charge is -2.22. The summed E-state index contributed by atoms with van der Waals surface area (Å²) >= 11 is 0. The van der Waals surface area contributed by atoms with E-state index in [0.717, 1.165) is 0 Å². The molecule has 0 aliphatic carbocycles. The average molecular weight is 448 g/mol. The number of hydrogen-bond donors (Lipinski definition) is 3. The second-order valence-corrected chi connectivity index (χ2v) is 7.45. The van der Waals surface area contributed by atoms with Gasteiger partial charge in [-0.05, 0) is 37.6 Å². The van der Waals surface area contributed by atoms with Crippen molar-refractivity contribution < 1.29 is 9.13 Å². The van der Waals surface area contributed by atoms with E-state index in [-0.39, 0.29) is 18.1 Å². The minimum atomic E-state index is -0.599. The number of nitrogens with two attached hydrogens (primary N) is 3. The summed E-state index contributed by atoms with van der Waals surface area (Å²) in [6, 6.07) is 8.00. The Morgan fingerprint density at radius 2 is 2.12 bits per heavy atom. The number of halogens is 1. The van der Waals surface area contributed by atoms with Crippen LogP contribution in [0.1, 0.15) is 43.1 Å². The number of hydrogen-bond acceptors (Lipinski definition) is 8. The van der Waals surface area contributed by atoms with Crippen molar-refractivity contribution in [2.45, 2.75) is 26.4 Å². The highest BCUT2D eigenvalue weighted by atomic mass is 19.1. The van der Waals surface area contributed by atoms with Crippen molar-refractivity contribution in [1.29, 1.82) is 5.26 Å². The summed E-state index contributed by atoms with van der Waals surface area (Å²) < 4.78 is 20.2. The van der Waals surface area contributed by atoms with E-state index in [2.05, 4.69) is 9.98 Å². The van der Waals surface area contributed by atoms with Crippen LogP contribution < -0.4 is 21.9 Å². The van der Waals surface area contributed by atoms with E-state index in [1.54, 1.807) is 38.5 Å². The maximum atomic E-state index is 14.1. The number of nitriles is 1. The second kappa shape index (κ2) is 9.96. The Balaban J connectivity index is 2.37. The van der Waals surface area contributed by atoms with Crippen LogP contribution in [0.5, 0.6) is 5.75 Å². The highest BCUT2D eigenvalue weighted by Crippen LogP contribution is 2.32. The molecule has 0 fully saturated rings. The normalized spacial score (nSPS) is 17.2. The molecule has 0 spiro atoms. The molecule has 3 rings (SSSR count). The topological polar surface area (TPSA) is 149 Å². The number of benzene rings is 1. The van der Waals surface area contributed by atoms with Gasteiger partial charge < -0.3 is 21.9 Å². The number of aliphatic imine (C=N–C) groups is 2. The summed E-state index contributed by atoms with van der Waals surface area (Å²) in [5, 5.41) is 9.41. The second-order valence-electron chi connectivity index (χ2n) is 7.45. The molecule has 0 amide bonds. The van der Waals surface area contributed by atoms with Gasteiger partial charge in [-0.25, -0.2) is 9.37 Å². The molecular formula is C24H26FN7O. The molecule has 1 aliphatic heterocycles. The number of aromatic nitrogens is 1. The number of ether oxygens (including phenoxy) is 1. The fourth-order valence-electron chi connectivity index (χ4n) is 3.65. The first-order chi connectivity index (χ1) is 15.8. The van der Waals surface area contributed by atoms with Crippen LogP contribution in [-0.2, 0) is 0 Å². The molecule has 0 radical (unpaired) electrons. The molecule has 33 heavy (non-hydrogen) atoms. The molecule has 170 valence electrons. The summed E-state index contributed by atoms with van der Waals surface area (Å²) in [6.45, 7) is 3.80. The van der Waals surface area contributed by atoms with Gasteiger partial charge in [0.2, 0.25) is 0 Å². The van der Waals surface area contributed by atoms with Gasteiger partial charge in [-0.15, -0.1) is 0 Å². The van der Waals surface area contributed by atoms with Crippen molar-refractivity contribution in [3.8, 4) is 11.8 Å². The number of pyridine rings is 1. The smallest absolute Gasteiger partial charge is 0.166 e. The van der Waals surface area contributed by atoms with Gasteiger partial charge >= 0.3 is 0 Å². The predicted octanol–water partition coefficient (Wildman–Crippen LogP) is 3.26. The monoisotopic (exact) mass is 447 g/mol. The van der Waals surface area contributed by atoms with Gasteiger partial charge in [-0.2, -0.15) is 5.26 Å². The van der Waals surface area contributed by atoms with Crippen LogP contribution in [0.3, 0.4) is 0 Å². The van der Waals surface area contributed by atoms with Crippen molar-refractivity contribution in [2.24, 2.45) is 21.5 Å². The lowest BCUT2D eigenvalue weighted by atomic mass is 9.96. The number of fused-ring (bicyclic) bond motifs is 3. The zero-order chi connectivity index (χ0) is 24.1. The zero-order valence-electron chi connectivity index (χ0n) is 18.8. The van der Waals surface area contributed by atoms with Crippen molar-refractivity contribution in [1.82, 2.24) is 4.98 Å². The first-order valence-corrected chi connectivity index (χ1v) is 10.4. The molecule has 2 bridgehead atoms. The molecule has 1 aromatic carbocycles. The zero-order valence-corrected chi connectivity index (χ0v) is 18.8. The third-order valence-electron chi connectivity index (χ3n) is 5.32. The van der Waals surface area contributed by atoms with Gasteiger partial charge in [0.05, 0.1) is 12.3 Å². The number of anilines is 1. The highest BCUT2D eigenvalue weighted by molar-refractivity contribution is 6.13. The minimum Gasteiger partial charge on any atom is -0.482 e. The maximum absolute atomic E-state index is 14.1. The predicted molar refractivity (Wildman–Crippen MR) is 128 cm³/mol. The van der Waals surface area contributed by atoms with Crippen LogP contribution >= 0.6 is 0 Å². The van der Waals surface area contributed by atoms with E-state index in [9.17, 15) is 9.65 Å². The van der Waals surface area contributed by atoms with Crippen LogP contribution in [-0.4, -0.2) is 30.5 Å². The van der Waals surface area contributed by atoms with Gasteiger partial charge in [0.15, 0.2) is 11.6 Å². The molecule has 8 nitrogen and oxygen atoms in total. The number of nitrogen functional groups attached to an aromatic ring is 1. The van der Waals surface area contributed by atoms with Crippen molar-refractivity contribution in [3.05, 3.63) is 69.8 Å². The van der Waals surface area contributed by atoms with Crippen LogP contribution in [0.4, 0.5) is 10.2 Å². The molecular weight excluding hydrogens is 421 g/mol. The molecule has 2 aromatic rings. The summed E-state index contributed by atoms with van der Waals surface area (Å²) in [4.78, 5) is 13.1. The molecule has 1 atom stereocenters. The van der Waals surface area contributed by atoms with Gasteiger partial charge in [0, 0.05) is 53.0 Å². The number of nitrogens with zero attached hydrogens (tertiary/aromatic N) is 4. The van der Waals surface area contributed by atoms with Crippen LogP contribution in [0.25, 0.3) is 5.70 Å². The molecule has 0 unspecified atom stereocenters. The van der Waals surface area contributed by atoms with Crippen molar-refractivity contribution >= 4 is 23.4 Å². The van der Waals surface area contributed by atoms with E-state index in [1.807, 2.05) is 13.0 Å². The summed E-state index contributed by atoms with van der Waals surface area (Å²) in [5.41, 5.74) is 22.4. The summed E-state index contributed by atoms with van der Waals surface area (Å²) in [7, 11) is 1.62. The highest BCUT2D eigenvalue weighted by Gasteiger charge is 2.21. The maximum Gasteiger partial charge on any atom is 0.166 e. The molecule has 0 saturated carbocycles. The van der Waals surface area contributed by atoms with Gasteiger partial charge in [-0.3, -0.25) is 9.98 Å². The fourth-order valence-corrected chi connectivity index (χ4v) is 3.65. The van der Waals surface area contributed by atoms with Crippen LogP contribution in [0, 0.1) is 17.1 Å². The van der Waals surface area contributed by atoms with E-state index < -0.39 is 11.9 Å². The SMILES string of the molecule is CCC(C1=NCC(C=NC)=C(N)c2ccc(F)cc2[C@@H](C)Oc2cc1cnc2N)=C(N)C#N. The third-order valence-corrected chi connectivity index (χ3v) is 5.32. The Morgan fingerprint density at radius 3 is 2.79 bits per heavy atom.